The molecule has 4 amide bonds. The lowest BCUT2D eigenvalue weighted by Gasteiger charge is -2.28. The summed E-state index contributed by atoms with van der Waals surface area (Å²) in [6.07, 6.45) is 6.62. The Morgan fingerprint density at radius 1 is 1.21 bits per heavy atom. The number of imide groups is 2. The van der Waals surface area contributed by atoms with Crippen LogP contribution in [0.25, 0.3) is 6.08 Å². The fourth-order valence-electron chi connectivity index (χ4n) is 2.86. The standard InChI is InChI=1S/C22H17BrN2O4/c1-4-10-29-19-9-8-15(12-17(19)23)11-16-20(26)24-22(28)25(21(16)27)18-7-5-6-13(2)14(18)3/h1,5-9,11-12H,10H2,2-3H3,(H,24,26,28)/b16-11+. The van der Waals surface area contributed by atoms with Gasteiger partial charge in [0.1, 0.15) is 17.9 Å². The molecule has 1 aliphatic heterocycles. The van der Waals surface area contributed by atoms with Crippen molar-refractivity contribution in [1.29, 1.82) is 0 Å². The number of halogens is 1. The number of carbonyl (C=O) groups excluding carboxylic acids is 3. The van der Waals surface area contributed by atoms with E-state index in [-0.39, 0.29) is 12.2 Å². The van der Waals surface area contributed by atoms with Crippen LogP contribution in [0.4, 0.5) is 10.5 Å². The fourth-order valence-corrected chi connectivity index (χ4v) is 3.38. The molecule has 3 rings (SSSR count). The van der Waals surface area contributed by atoms with E-state index in [0.717, 1.165) is 16.0 Å². The quantitative estimate of drug-likeness (QED) is 0.435. The summed E-state index contributed by atoms with van der Waals surface area (Å²) in [7, 11) is 0. The summed E-state index contributed by atoms with van der Waals surface area (Å²) in [6.45, 7) is 3.82. The van der Waals surface area contributed by atoms with E-state index >= 15 is 0 Å². The minimum Gasteiger partial charge on any atom is -0.480 e. The van der Waals surface area contributed by atoms with E-state index < -0.39 is 17.8 Å². The Labute approximate surface area is 176 Å². The summed E-state index contributed by atoms with van der Waals surface area (Å²) < 4.78 is 6.00. The van der Waals surface area contributed by atoms with Crippen LogP contribution in [0.5, 0.6) is 5.75 Å². The SMILES string of the molecule is C#CCOc1ccc(/C=C2\C(=O)NC(=O)N(c3cccc(C)c3C)C2=O)cc1Br. The number of benzene rings is 2. The molecule has 29 heavy (non-hydrogen) atoms. The molecule has 0 unspecified atom stereocenters. The van der Waals surface area contributed by atoms with Gasteiger partial charge in [-0.15, -0.1) is 6.42 Å². The summed E-state index contributed by atoms with van der Waals surface area (Å²) in [6, 6.07) is 9.58. The van der Waals surface area contributed by atoms with Gasteiger partial charge in [-0.3, -0.25) is 14.9 Å². The lowest BCUT2D eigenvalue weighted by atomic mass is 10.0. The average Bonchev–Trinajstić information content (AvgIpc) is 2.67. The average molecular weight is 453 g/mol. The predicted molar refractivity (Wildman–Crippen MR) is 113 cm³/mol. The number of rotatable bonds is 4. The number of amides is 4. The Kier molecular flexibility index (Phi) is 5.85. The van der Waals surface area contributed by atoms with Gasteiger partial charge in [0.2, 0.25) is 0 Å². The zero-order valence-corrected chi connectivity index (χ0v) is 17.4. The molecule has 1 N–H and O–H groups in total. The van der Waals surface area contributed by atoms with Gasteiger partial charge in [-0.2, -0.15) is 0 Å². The molecule has 7 heteroatoms. The molecule has 1 fully saturated rings. The molecule has 0 aliphatic carbocycles. The van der Waals surface area contributed by atoms with Crippen molar-refractivity contribution < 1.29 is 19.1 Å². The molecule has 0 aromatic heterocycles. The van der Waals surface area contributed by atoms with Crippen LogP contribution < -0.4 is 15.0 Å². The zero-order chi connectivity index (χ0) is 21.1. The second-order valence-corrected chi connectivity index (χ2v) is 7.21. The number of hydrogen-bond acceptors (Lipinski definition) is 4. The molecule has 0 atom stereocenters. The molecule has 6 nitrogen and oxygen atoms in total. The molecule has 0 spiro atoms. The number of nitrogens with zero attached hydrogens (tertiary/aromatic N) is 1. The summed E-state index contributed by atoms with van der Waals surface area (Å²) in [5, 5.41) is 2.23. The van der Waals surface area contributed by atoms with Gasteiger partial charge in [0.25, 0.3) is 11.8 Å². The fraction of sp³-hybridized carbons (Fsp3) is 0.136. The highest BCUT2D eigenvalue weighted by atomic mass is 79.9. The van der Waals surface area contributed by atoms with Crippen LogP contribution in [-0.2, 0) is 9.59 Å². The number of ether oxygens (including phenoxy) is 1. The van der Waals surface area contributed by atoms with Crippen LogP contribution in [0.2, 0.25) is 0 Å². The number of aryl methyl sites for hydroxylation is 1. The van der Waals surface area contributed by atoms with Crippen molar-refractivity contribution in [3.63, 3.8) is 0 Å². The van der Waals surface area contributed by atoms with E-state index in [1.54, 1.807) is 30.3 Å². The lowest BCUT2D eigenvalue weighted by Crippen LogP contribution is -2.54. The molecule has 1 heterocycles. The maximum atomic E-state index is 13.0. The summed E-state index contributed by atoms with van der Waals surface area (Å²) in [5.41, 5.74) is 2.58. The second kappa shape index (κ2) is 8.33. The second-order valence-electron chi connectivity index (χ2n) is 6.36. The largest absolute Gasteiger partial charge is 0.480 e. The van der Waals surface area contributed by atoms with Gasteiger partial charge in [-0.1, -0.05) is 24.1 Å². The highest BCUT2D eigenvalue weighted by Gasteiger charge is 2.37. The molecule has 1 aliphatic rings. The first-order valence-electron chi connectivity index (χ1n) is 8.67. The summed E-state index contributed by atoms with van der Waals surface area (Å²) >= 11 is 3.38. The van der Waals surface area contributed by atoms with E-state index in [4.69, 9.17) is 11.2 Å². The van der Waals surface area contributed by atoms with Crippen molar-refractivity contribution in [3.8, 4) is 18.1 Å². The number of nitrogens with one attached hydrogen (secondary N) is 1. The van der Waals surface area contributed by atoms with Crippen LogP contribution >= 0.6 is 15.9 Å². The number of terminal acetylenes is 1. The minimum absolute atomic E-state index is 0.118. The minimum atomic E-state index is -0.773. The van der Waals surface area contributed by atoms with Gasteiger partial charge >= 0.3 is 6.03 Å². The van der Waals surface area contributed by atoms with Crippen LogP contribution in [0.15, 0.2) is 46.4 Å². The molecular weight excluding hydrogens is 436 g/mol. The topological polar surface area (TPSA) is 75.7 Å². The maximum Gasteiger partial charge on any atom is 0.335 e. The highest BCUT2D eigenvalue weighted by Crippen LogP contribution is 2.29. The summed E-state index contributed by atoms with van der Waals surface area (Å²) in [4.78, 5) is 38.7. The highest BCUT2D eigenvalue weighted by molar-refractivity contribution is 9.10. The molecule has 0 radical (unpaired) electrons. The van der Waals surface area contributed by atoms with Gasteiger partial charge in [0.05, 0.1) is 10.2 Å². The van der Waals surface area contributed by atoms with E-state index in [1.165, 1.54) is 6.08 Å². The van der Waals surface area contributed by atoms with Crippen LogP contribution in [0.3, 0.4) is 0 Å². The third kappa shape index (κ3) is 4.08. The van der Waals surface area contributed by atoms with E-state index in [2.05, 4.69) is 27.2 Å². The lowest BCUT2D eigenvalue weighted by molar-refractivity contribution is -0.122. The van der Waals surface area contributed by atoms with Crippen molar-refractivity contribution in [3.05, 3.63) is 63.1 Å². The maximum absolute atomic E-state index is 13.0. The molecule has 0 bridgehead atoms. The van der Waals surface area contributed by atoms with Crippen molar-refractivity contribution in [2.45, 2.75) is 13.8 Å². The normalized spacial score (nSPS) is 15.3. The van der Waals surface area contributed by atoms with Gasteiger partial charge < -0.3 is 4.74 Å². The van der Waals surface area contributed by atoms with E-state index in [9.17, 15) is 14.4 Å². The Balaban J connectivity index is 1.99. The monoisotopic (exact) mass is 452 g/mol. The van der Waals surface area contributed by atoms with Crippen molar-refractivity contribution in [2.75, 3.05) is 11.5 Å². The van der Waals surface area contributed by atoms with Gasteiger partial charge in [0, 0.05) is 0 Å². The van der Waals surface area contributed by atoms with Crippen LogP contribution in [0, 0.1) is 26.2 Å². The smallest absolute Gasteiger partial charge is 0.335 e. The van der Waals surface area contributed by atoms with Gasteiger partial charge in [0.15, 0.2) is 0 Å². The molecule has 1 saturated heterocycles. The van der Waals surface area contributed by atoms with Crippen LogP contribution in [0.1, 0.15) is 16.7 Å². The Bertz CT molecular complexity index is 1100. The number of hydrogen-bond donors (Lipinski definition) is 1. The van der Waals surface area contributed by atoms with Crippen molar-refractivity contribution in [1.82, 2.24) is 5.32 Å². The summed E-state index contributed by atoms with van der Waals surface area (Å²) in [5.74, 6) is 1.49. The molecular formula is C22H17BrN2O4. The van der Waals surface area contributed by atoms with Gasteiger partial charge in [-0.05, 0) is 70.7 Å². The van der Waals surface area contributed by atoms with E-state index in [0.29, 0.717) is 21.5 Å². The Morgan fingerprint density at radius 2 is 1.97 bits per heavy atom. The number of urea groups is 1. The first-order chi connectivity index (χ1) is 13.8. The van der Waals surface area contributed by atoms with Crippen molar-refractivity contribution >= 4 is 45.5 Å². The Morgan fingerprint density at radius 3 is 2.66 bits per heavy atom. The van der Waals surface area contributed by atoms with E-state index in [1.807, 2.05) is 19.9 Å². The first kappa shape index (κ1) is 20.4. The molecule has 146 valence electrons. The number of anilines is 1. The molecule has 2 aromatic carbocycles. The number of barbiturate groups is 1. The van der Waals surface area contributed by atoms with Gasteiger partial charge in [-0.25, -0.2) is 9.69 Å². The number of carbonyl (C=O) groups is 3. The predicted octanol–water partition coefficient (Wildman–Crippen LogP) is 3.74. The zero-order valence-electron chi connectivity index (χ0n) is 15.8. The molecule has 0 saturated carbocycles. The molecule has 2 aromatic rings. The van der Waals surface area contributed by atoms with Crippen LogP contribution in [-0.4, -0.2) is 24.5 Å². The first-order valence-corrected chi connectivity index (χ1v) is 9.46. The van der Waals surface area contributed by atoms with Crippen molar-refractivity contribution in [2.24, 2.45) is 0 Å². The Hall–Kier alpha value is -3.37. The third-order valence-electron chi connectivity index (χ3n) is 4.50. The third-order valence-corrected chi connectivity index (χ3v) is 5.12.